The Hall–Kier alpha value is -2.05. The molecule has 69 heavy (non-hydrogen) atoms. The lowest BCUT2D eigenvalue weighted by molar-refractivity contribution is -0.332. The van der Waals surface area contributed by atoms with Crippen molar-refractivity contribution in [3.63, 3.8) is 0 Å². The van der Waals surface area contributed by atoms with Gasteiger partial charge < -0.3 is 64.2 Å². The van der Waals surface area contributed by atoms with Crippen molar-refractivity contribution < 1.29 is 69.0 Å². The van der Waals surface area contributed by atoms with Gasteiger partial charge in [-0.1, -0.05) is 159 Å². The fourth-order valence-corrected chi connectivity index (χ4v) is 8.34. The molecule has 2 aliphatic rings. The highest BCUT2D eigenvalue weighted by Crippen LogP contribution is 2.26. The molecule has 14 nitrogen and oxygen atoms in total. The maximum absolute atomic E-state index is 13.0. The van der Waals surface area contributed by atoms with Crippen LogP contribution in [0.4, 0.5) is 0 Å². The summed E-state index contributed by atoms with van der Waals surface area (Å²) < 4.78 is 34.3. The zero-order valence-corrected chi connectivity index (χ0v) is 42.8. The Labute approximate surface area is 416 Å². The molecule has 0 saturated carbocycles. The third-order valence-electron chi connectivity index (χ3n) is 12.8. The Morgan fingerprint density at radius 1 is 0.478 bits per heavy atom. The van der Waals surface area contributed by atoms with Gasteiger partial charge in [0.15, 0.2) is 12.6 Å². The van der Waals surface area contributed by atoms with Crippen molar-refractivity contribution in [3.8, 4) is 0 Å². The van der Waals surface area contributed by atoms with Gasteiger partial charge in [0.25, 0.3) is 0 Å². The van der Waals surface area contributed by atoms with E-state index in [-0.39, 0.29) is 19.6 Å². The third-order valence-corrected chi connectivity index (χ3v) is 12.8. The second-order valence-electron chi connectivity index (χ2n) is 19.0. The van der Waals surface area contributed by atoms with Gasteiger partial charge in [0, 0.05) is 13.0 Å². The molecule has 2 rings (SSSR count). The molecule has 0 bridgehead atoms. The molecule has 11 unspecified atom stereocenters. The second kappa shape index (κ2) is 42.5. The summed E-state index contributed by atoms with van der Waals surface area (Å²) in [7, 11) is 0. The Bertz CT molecular complexity index is 1320. The molecule has 0 aromatic heterocycles. The van der Waals surface area contributed by atoms with Gasteiger partial charge in [0.05, 0.1) is 26.4 Å². The van der Waals surface area contributed by atoms with Crippen molar-refractivity contribution in [3.05, 3.63) is 48.6 Å². The minimum atomic E-state index is -1.71. The number of rotatable bonds is 43. The fraction of sp³-hybridized carbons (Fsp3) is 0.836. The first-order valence-corrected chi connectivity index (χ1v) is 27.2. The molecule has 0 aliphatic carbocycles. The van der Waals surface area contributed by atoms with Crippen molar-refractivity contribution in [2.24, 2.45) is 0 Å². The molecule has 402 valence electrons. The van der Waals surface area contributed by atoms with E-state index in [9.17, 15) is 40.5 Å². The summed E-state index contributed by atoms with van der Waals surface area (Å²) in [5.41, 5.74) is 0. The first kappa shape index (κ1) is 63.1. The maximum atomic E-state index is 13.0. The number of hydrogen-bond acceptors (Lipinski definition) is 14. The summed E-state index contributed by atoms with van der Waals surface area (Å²) in [6, 6.07) is 0. The van der Waals surface area contributed by atoms with Crippen molar-refractivity contribution in [1.82, 2.24) is 0 Å². The largest absolute Gasteiger partial charge is 0.457 e. The highest BCUT2D eigenvalue weighted by atomic mass is 16.7. The maximum Gasteiger partial charge on any atom is 0.306 e. The highest BCUT2D eigenvalue weighted by Gasteiger charge is 2.47. The van der Waals surface area contributed by atoms with Crippen molar-refractivity contribution >= 4 is 5.97 Å². The quantitative estimate of drug-likeness (QED) is 0.0173. The number of allylic oxidation sites excluding steroid dienone is 8. The summed E-state index contributed by atoms with van der Waals surface area (Å²) in [5.74, 6) is -0.391. The molecule has 2 heterocycles. The van der Waals surface area contributed by atoms with Crippen LogP contribution in [-0.2, 0) is 33.2 Å². The van der Waals surface area contributed by atoms with Gasteiger partial charge in [-0.2, -0.15) is 0 Å². The van der Waals surface area contributed by atoms with Crippen molar-refractivity contribution in [1.29, 1.82) is 0 Å². The minimum absolute atomic E-state index is 0.0513. The molecule has 0 radical (unpaired) electrons. The van der Waals surface area contributed by atoms with E-state index in [1.165, 1.54) is 89.9 Å². The third kappa shape index (κ3) is 29.9. The molecule has 0 spiro atoms. The lowest BCUT2D eigenvalue weighted by Crippen LogP contribution is -2.61. The summed E-state index contributed by atoms with van der Waals surface area (Å²) in [6.45, 7) is 3.63. The molecule has 2 saturated heterocycles. The number of ether oxygens (including phenoxy) is 6. The first-order chi connectivity index (χ1) is 33.6. The van der Waals surface area contributed by atoms with Crippen LogP contribution in [-0.4, -0.2) is 142 Å². The van der Waals surface area contributed by atoms with Gasteiger partial charge in [0.1, 0.15) is 54.9 Å². The standard InChI is InChI=1S/C55H98O14/c1-3-5-7-9-11-13-15-17-19-21-22-23-24-26-28-30-32-34-36-38-47(57)67-44(41-64-39-37-35-33-31-29-27-25-20-18-16-14-12-10-8-6-4-2)42-65-54-53(63)51(61)49(59)46(69-54)43-66-55-52(62)50(60)48(58)45(40-56)68-55/h11,13,17-20,22-23,44-46,48-56,58-63H,3-10,12,14-16,21,24-43H2,1-2H3/b13-11-,19-17-,20-18-,23-22-. The van der Waals surface area contributed by atoms with Crippen LogP contribution < -0.4 is 0 Å². The zero-order chi connectivity index (χ0) is 50.2. The van der Waals surface area contributed by atoms with E-state index in [4.69, 9.17) is 28.4 Å². The number of carbonyl (C=O) groups excluding carboxylic acids is 1. The number of hydrogen-bond donors (Lipinski definition) is 7. The SMILES string of the molecule is CCCCC/C=C\C/C=C\C/C=C\CCCCCCCCC(=O)OC(COCCCCCCCC/C=C\CCCCCCCC)COC1OC(COC2OC(CO)C(O)C(O)C2O)C(O)C(O)C1O. The average Bonchev–Trinajstić information content (AvgIpc) is 3.35. The smallest absolute Gasteiger partial charge is 0.306 e. The summed E-state index contributed by atoms with van der Waals surface area (Å²) in [5, 5.41) is 72.2. The highest BCUT2D eigenvalue weighted by molar-refractivity contribution is 5.69. The predicted molar refractivity (Wildman–Crippen MR) is 270 cm³/mol. The van der Waals surface area contributed by atoms with Crippen molar-refractivity contribution in [2.45, 2.75) is 261 Å². The fourth-order valence-electron chi connectivity index (χ4n) is 8.34. The van der Waals surface area contributed by atoms with Gasteiger partial charge >= 0.3 is 5.97 Å². The molecule has 0 aromatic rings. The van der Waals surface area contributed by atoms with E-state index >= 15 is 0 Å². The van der Waals surface area contributed by atoms with Gasteiger partial charge in [-0.15, -0.1) is 0 Å². The molecular weight excluding hydrogens is 885 g/mol. The molecule has 2 aliphatic heterocycles. The molecule has 7 N–H and O–H groups in total. The Morgan fingerprint density at radius 3 is 1.45 bits per heavy atom. The number of aliphatic hydroxyl groups is 7. The minimum Gasteiger partial charge on any atom is -0.457 e. The average molecular weight is 983 g/mol. The normalized spacial score (nSPS) is 26.0. The molecule has 14 heteroatoms. The van der Waals surface area contributed by atoms with E-state index in [1.54, 1.807) is 0 Å². The van der Waals surface area contributed by atoms with Crippen LogP contribution >= 0.6 is 0 Å². The summed E-state index contributed by atoms with van der Waals surface area (Å²) in [6.07, 6.45) is 33.0. The monoisotopic (exact) mass is 983 g/mol. The van der Waals surface area contributed by atoms with E-state index in [2.05, 4.69) is 62.5 Å². The number of esters is 1. The topological polar surface area (TPSA) is 214 Å². The van der Waals surface area contributed by atoms with E-state index < -0.39 is 86.7 Å². The Kier molecular flexibility index (Phi) is 38.8. The van der Waals surface area contributed by atoms with Crippen LogP contribution in [0.15, 0.2) is 48.6 Å². The van der Waals surface area contributed by atoms with Gasteiger partial charge in [-0.05, 0) is 77.0 Å². The van der Waals surface area contributed by atoms with Crippen LogP contribution in [0.1, 0.15) is 194 Å². The van der Waals surface area contributed by atoms with Crippen LogP contribution in [0.3, 0.4) is 0 Å². The first-order valence-electron chi connectivity index (χ1n) is 27.2. The van der Waals surface area contributed by atoms with Crippen LogP contribution in [0, 0.1) is 0 Å². The van der Waals surface area contributed by atoms with Gasteiger partial charge in [-0.25, -0.2) is 0 Å². The lowest BCUT2D eigenvalue weighted by atomic mass is 9.98. The summed E-state index contributed by atoms with van der Waals surface area (Å²) in [4.78, 5) is 13.0. The molecule has 11 atom stereocenters. The zero-order valence-electron chi connectivity index (χ0n) is 42.8. The Balaban J connectivity index is 1.76. The molecular formula is C55H98O14. The van der Waals surface area contributed by atoms with Gasteiger partial charge in [-0.3, -0.25) is 4.79 Å². The predicted octanol–water partition coefficient (Wildman–Crippen LogP) is 8.74. The molecule has 2 fully saturated rings. The van der Waals surface area contributed by atoms with E-state index in [0.717, 1.165) is 77.0 Å². The Morgan fingerprint density at radius 2 is 0.899 bits per heavy atom. The lowest BCUT2D eigenvalue weighted by Gasteiger charge is -2.42. The van der Waals surface area contributed by atoms with Crippen LogP contribution in [0.5, 0.6) is 0 Å². The molecule has 0 aromatic carbocycles. The van der Waals surface area contributed by atoms with Crippen LogP contribution in [0.25, 0.3) is 0 Å². The van der Waals surface area contributed by atoms with E-state index in [1.807, 2.05) is 0 Å². The molecule has 0 amide bonds. The van der Waals surface area contributed by atoms with Gasteiger partial charge in [0.2, 0.25) is 0 Å². The van der Waals surface area contributed by atoms with Crippen LogP contribution in [0.2, 0.25) is 0 Å². The number of carbonyl (C=O) groups is 1. The summed E-state index contributed by atoms with van der Waals surface area (Å²) >= 11 is 0. The van der Waals surface area contributed by atoms with E-state index in [0.29, 0.717) is 13.0 Å². The number of aliphatic hydroxyl groups excluding tert-OH is 7. The van der Waals surface area contributed by atoms with Crippen molar-refractivity contribution in [2.75, 3.05) is 33.0 Å². The number of unbranched alkanes of at least 4 members (excludes halogenated alkanes) is 21. The second-order valence-corrected chi connectivity index (χ2v) is 19.0.